The molecule has 3 aliphatic rings. The molecule has 4 nitrogen and oxygen atoms in total. The lowest BCUT2D eigenvalue weighted by atomic mass is 10.0. The topological polar surface area (TPSA) is 40.6 Å². The van der Waals surface area contributed by atoms with Crippen molar-refractivity contribution in [3.8, 4) is 0 Å². The summed E-state index contributed by atoms with van der Waals surface area (Å²) in [4.78, 5) is 28.3. The van der Waals surface area contributed by atoms with E-state index in [0.29, 0.717) is 0 Å². The monoisotopic (exact) mass is 260 g/mol. The van der Waals surface area contributed by atoms with Gasteiger partial charge in [-0.15, -0.1) is 0 Å². The smallest absolute Gasteiger partial charge is 0.282 e. The van der Waals surface area contributed by atoms with Gasteiger partial charge in [-0.25, -0.2) is 4.79 Å². The first kappa shape index (κ1) is 12.5. The molecule has 4 heteroatoms. The van der Waals surface area contributed by atoms with Crippen molar-refractivity contribution in [3.63, 3.8) is 0 Å². The molecule has 0 bridgehead atoms. The standard InChI is InChI=1S/C15H20N2O2/c1-10(2)13-14(18)17(12-8-9-12)15(19)16(13)11-6-4-3-5-7-11/h4,6-7,10,12-13H,3,5,8-9H2,1-2H3. The van der Waals surface area contributed by atoms with Crippen LogP contribution in [0.4, 0.5) is 4.79 Å². The maximum atomic E-state index is 12.6. The van der Waals surface area contributed by atoms with E-state index in [2.05, 4.69) is 12.2 Å². The lowest BCUT2D eigenvalue weighted by Crippen LogP contribution is -2.38. The van der Waals surface area contributed by atoms with Gasteiger partial charge in [0.15, 0.2) is 0 Å². The third-order valence-electron chi connectivity index (χ3n) is 3.98. The van der Waals surface area contributed by atoms with Crippen molar-refractivity contribution in [1.29, 1.82) is 0 Å². The fourth-order valence-corrected chi connectivity index (χ4v) is 2.88. The van der Waals surface area contributed by atoms with E-state index >= 15 is 0 Å². The molecule has 0 radical (unpaired) electrons. The molecule has 2 fully saturated rings. The van der Waals surface area contributed by atoms with Crippen molar-refractivity contribution in [2.24, 2.45) is 5.92 Å². The zero-order valence-electron chi connectivity index (χ0n) is 11.5. The fraction of sp³-hybridized carbons (Fsp3) is 0.600. The van der Waals surface area contributed by atoms with Crippen LogP contribution in [0.15, 0.2) is 23.9 Å². The van der Waals surface area contributed by atoms with Crippen LogP contribution in [-0.2, 0) is 4.79 Å². The first-order valence-electron chi connectivity index (χ1n) is 7.14. The van der Waals surface area contributed by atoms with Crippen LogP contribution in [0.1, 0.15) is 39.5 Å². The van der Waals surface area contributed by atoms with Crippen LogP contribution in [0.25, 0.3) is 0 Å². The Balaban J connectivity index is 1.95. The minimum atomic E-state index is -0.331. The Morgan fingerprint density at radius 1 is 1.16 bits per heavy atom. The molecule has 1 heterocycles. The average Bonchev–Trinajstić information content (AvgIpc) is 3.17. The molecular weight excluding hydrogens is 240 g/mol. The second kappa shape index (κ2) is 4.51. The zero-order valence-corrected chi connectivity index (χ0v) is 11.5. The first-order chi connectivity index (χ1) is 9.11. The predicted octanol–water partition coefficient (Wildman–Crippen LogP) is 2.67. The van der Waals surface area contributed by atoms with E-state index in [1.54, 1.807) is 4.90 Å². The molecule has 3 rings (SSSR count). The molecule has 19 heavy (non-hydrogen) atoms. The molecule has 1 atom stereocenters. The molecule has 0 aromatic carbocycles. The number of allylic oxidation sites excluding steroid dienone is 3. The fourth-order valence-electron chi connectivity index (χ4n) is 2.88. The highest BCUT2D eigenvalue weighted by Crippen LogP contribution is 2.37. The number of urea groups is 1. The van der Waals surface area contributed by atoms with Gasteiger partial charge in [0.05, 0.1) is 0 Å². The van der Waals surface area contributed by atoms with Gasteiger partial charge in [-0.3, -0.25) is 14.6 Å². The number of hydrogen-bond donors (Lipinski definition) is 0. The average molecular weight is 260 g/mol. The SMILES string of the molecule is CC(C)C1C(=O)N(C2CC2)C(=O)N1C1=CCCC=C1. The van der Waals surface area contributed by atoms with Crippen LogP contribution in [0.3, 0.4) is 0 Å². The predicted molar refractivity (Wildman–Crippen MR) is 72.2 cm³/mol. The minimum Gasteiger partial charge on any atom is -0.282 e. The molecule has 2 aliphatic carbocycles. The van der Waals surface area contributed by atoms with Gasteiger partial charge >= 0.3 is 6.03 Å². The van der Waals surface area contributed by atoms with Gasteiger partial charge in [-0.2, -0.15) is 0 Å². The van der Waals surface area contributed by atoms with Crippen LogP contribution in [0.2, 0.25) is 0 Å². The third kappa shape index (κ3) is 1.99. The van der Waals surface area contributed by atoms with Gasteiger partial charge in [0.1, 0.15) is 6.04 Å². The Morgan fingerprint density at radius 3 is 2.42 bits per heavy atom. The van der Waals surface area contributed by atoms with E-state index in [0.717, 1.165) is 31.4 Å². The Hall–Kier alpha value is -1.58. The normalized spacial score (nSPS) is 27.5. The maximum Gasteiger partial charge on any atom is 0.332 e. The van der Waals surface area contributed by atoms with Crippen molar-refractivity contribution < 1.29 is 9.59 Å². The van der Waals surface area contributed by atoms with E-state index in [4.69, 9.17) is 0 Å². The molecule has 0 aromatic rings. The second-order valence-corrected chi connectivity index (χ2v) is 5.89. The van der Waals surface area contributed by atoms with Crippen molar-refractivity contribution in [3.05, 3.63) is 23.9 Å². The molecule has 102 valence electrons. The zero-order chi connectivity index (χ0) is 13.6. The summed E-state index contributed by atoms with van der Waals surface area (Å²) in [5, 5.41) is 0. The van der Waals surface area contributed by atoms with E-state index in [9.17, 15) is 9.59 Å². The molecule has 1 unspecified atom stereocenters. The van der Waals surface area contributed by atoms with Crippen molar-refractivity contribution >= 4 is 11.9 Å². The highest BCUT2D eigenvalue weighted by Gasteiger charge is 2.52. The summed E-state index contributed by atoms with van der Waals surface area (Å²) in [6, 6.07) is -0.300. The third-order valence-corrected chi connectivity index (χ3v) is 3.98. The van der Waals surface area contributed by atoms with E-state index < -0.39 is 0 Å². The highest BCUT2D eigenvalue weighted by atomic mass is 16.2. The largest absolute Gasteiger partial charge is 0.332 e. The van der Waals surface area contributed by atoms with Crippen molar-refractivity contribution in [2.45, 2.75) is 51.6 Å². The molecule has 1 aliphatic heterocycles. The van der Waals surface area contributed by atoms with Crippen LogP contribution in [0.5, 0.6) is 0 Å². The molecule has 1 saturated carbocycles. The maximum absolute atomic E-state index is 12.6. The second-order valence-electron chi connectivity index (χ2n) is 5.89. The number of amides is 3. The summed E-state index contributed by atoms with van der Waals surface area (Å²) < 4.78 is 0. The van der Waals surface area contributed by atoms with Gasteiger partial charge in [0, 0.05) is 11.7 Å². The van der Waals surface area contributed by atoms with Crippen LogP contribution >= 0.6 is 0 Å². The number of nitrogens with zero attached hydrogens (tertiary/aromatic N) is 2. The van der Waals surface area contributed by atoms with Crippen LogP contribution in [0, 0.1) is 5.92 Å². The molecule has 1 saturated heterocycles. The summed E-state index contributed by atoms with van der Waals surface area (Å²) in [6.45, 7) is 4.01. The first-order valence-corrected chi connectivity index (χ1v) is 7.14. The Morgan fingerprint density at radius 2 is 1.89 bits per heavy atom. The number of carbonyl (C=O) groups is 2. The number of imide groups is 1. The number of rotatable bonds is 3. The van der Waals surface area contributed by atoms with Gasteiger partial charge in [-0.1, -0.05) is 26.0 Å². The summed E-state index contributed by atoms with van der Waals surface area (Å²) in [7, 11) is 0. The Labute approximate surface area is 113 Å². The molecular formula is C15H20N2O2. The van der Waals surface area contributed by atoms with Crippen molar-refractivity contribution in [1.82, 2.24) is 9.80 Å². The van der Waals surface area contributed by atoms with Gasteiger partial charge in [0.2, 0.25) is 0 Å². The lowest BCUT2D eigenvalue weighted by Gasteiger charge is -2.26. The van der Waals surface area contributed by atoms with E-state index in [1.165, 1.54) is 4.90 Å². The van der Waals surface area contributed by atoms with E-state index in [-0.39, 0.29) is 29.9 Å². The van der Waals surface area contributed by atoms with Crippen LogP contribution < -0.4 is 0 Å². The summed E-state index contributed by atoms with van der Waals surface area (Å²) in [5.74, 6) is 0.124. The molecule has 3 amide bonds. The summed E-state index contributed by atoms with van der Waals surface area (Å²) in [5.41, 5.74) is 0.895. The minimum absolute atomic E-state index is 0.0117. The quantitative estimate of drug-likeness (QED) is 0.732. The summed E-state index contributed by atoms with van der Waals surface area (Å²) >= 11 is 0. The molecule has 0 spiro atoms. The van der Waals surface area contributed by atoms with Gasteiger partial charge in [-0.05, 0) is 37.7 Å². The lowest BCUT2D eigenvalue weighted by molar-refractivity contribution is -0.129. The van der Waals surface area contributed by atoms with Gasteiger partial charge < -0.3 is 0 Å². The van der Waals surface area contributed by atoms with E-state index in [1.807, 2.05) is 19.9 Å². The molecule has 0 N–H and O–H groups in total. The Bertz CT molecular complexity index is 475. The number of hydrogen-bond acceptors (Lipinski definition) is 2. The highest BCUT2D eigenvalue weighted by molar-refractivity contribution is 6.06. The Kier molecular flexibility index (Phi) is 2.96. The summed E-state index contributed by atoms with van der Waals surface area (Å²) in [6.07, 6.45) is 9.99. The van der Waals surface area contributed by atoms with Crippen molar-refractivity contribution in [2.75, 3.05) is 0 Å². The van der Waals surface area contributed by atoms with Crippen LogP contribution in [-0.4, -0.2) is 33.8 Å². The van der Waals surface area contributed by atoms with Gasteiger partial charge in [0.25, 0.3) is 5.91 Å². The molecule has 0 aromatic heterocycles. The number of carbonyl (C=O) groups excluding carboxylic acids is 2.